The normalized spacial score (nSPS) is 15.6. The van der Waals surface area contributed by atoms with Gasteiger partial charge in [0, 0.05) is 38.7 Å². The van der Waals surface area contributed by atoms with Crippen LogP contribution in [0, 0.1) is 5.92 Å². The van der Waals surface area contributed by atoms with Crippen molar-refractivity contribution >= 4 is 57.4 Å². The van der Waals surface area contributed by atoms with E-state index in [0.717, 1.165) is 39.4 Å². The van der Waals surface area contributed by atoms with E-state index in [0.29, 0.717) is 5.92 Å². The molecule has 0 N–H and O–H groups in total. The van der Waals surface area contributed by atoms with E-state index in [1.54, 1.807) is 0 Å². The van der Waals surface area contributed by atoms with Crippen LogP contribution >= 0.6 is 0 Å². The fourth-order valence-corrected chi connectivity index (χ4v) is 8.36. The quantitative estimate of drug-likeness (QED) is 0.117. The standard InChI is InChI=1S/C55H52N2/c1-9-13-14-15-16-17-21-27-42(24-10-2)57-50-29-23-22-28-46(50)53-45-34-36-52-54(48(38-39(5)6)55(7,8)47(45)35-37-51(53)57)44(11-3)49(12-4)56(52)43-32-30-41(31-33-43)40-25-19-18-20-26-40/h9-39H,2-4H2,1,5-8H3/b13-9-,15-14+,17-16+,27-21-,36-34-,42-24+,48-38-. The van der Waals surface area contributed by atoms with Crippen LogP contribution in [-0.2, 0) is 5.41 Å². The Bertz CT molecular complexity index is 2700. The van der Waals surface area contributed by atoms with Gasteiger partial charge in [-0.25, -0.2) is 0 Å². The number of fused-ring (bicyclic) bond motifs is 6. The zero-order valence-corrected chi connectivity index (χ0v) is 33.9. The molecule has 0 spiro atoms. The lowest BCUT2D eigenvalue weighted by atomic mass is 9.70. The largest absolute Gasteiger partial charge is 0.309 e. The molecule has 1 aliphatic carbocycles. The minimum absolute atomic E-state index is 0.314. The van der Waals surface area contributed by atoms with Gasteiger partial charge < -0.3 is 9.13 Å². The highest BCUT2D eigenvalue weighted by Gasteiger charge is 2.36. The second-order valence-corrected chi connectivity index (χ2v) is 15.3. The molecule has 6 aromatic rings. The van der Waals surface area contributed by atoms with Crippen molar-refractivity contribution in [2.75, 3.05) is 0 Å². The van der Waals surface area contributed by atoms with Gasteiger partial charge >= 0.3 is 0 Å². The lowest BCUT2D eigenvalue weighted by Crippen LogP contribution is -2.23. The molecular formula is C55H52N2. The van der Waals surface area contributed by atoms with Crippen LogP contribution in [0.4, 0.5) is 0 Å². The fourth-order valence-electron chi connectivity index (χ4n) is 8.36. The van der Waals surface area contributed by atoms with E-state index in [-0.39, 0.29) is 5.41 Å². The Morgan fingerprint density at radius 2 is 1.39 bits per heavy atom. The summed E-state index contributed by atoms with van der Waals surface area (Å²) in [5, 5.41) is 2.43. The highest BCUT2D eigenvalue weighted by molar-refractivity contribution is 6.15. The van der Waals surface area contributed by atoms with Crippen LogP contribution in [0.5, 0.6) is 0 Å². The molecule has 0 unspecified atom stereocenters. The van der Waals surface area contributed by atoms with E-state index in [4.69, 9.17) is 0 Å². The summed E-state index contributed by atoms with van der Waals surface area (Å²) in [4.78, 5) is 0. The molecule has 2 heteroatoms. The van der Waals surface area contributed by atoms with Gasteiger partial charge in [-0.1, -0.05) is 181 Å². The molecule has 0 aliphatic heterocycles. The SMILES string of the molecule is C=C\C=C(/C=C\C=C\C=C\C=C/C)n1c2ccccc2c2c3c(ccc21)C(C)(C)/C(=C\C(C)C)c1c(C=C)c(C=C)n(-c2ccc(-c4ccccc4)cc2)c1/C=C\3. The molecule has 0 bridgehead atoms. The van der Waals surface area contributed by atoms with Gasteiger partial charge in [0.2, 0.25) is 0 Å². The molecule has 7 rings (SSSR count). The predicted molar refractivity (Wildman–Crippen MR) is 252 cm³/mol. The first-order valence-corrected chi connectivity index (χ1v) is 19.9. The van der Waals surface area contributed by atoms with Crippen molar-refractivity contribution in [3.05, 3.63) is 211 Å². The molecule has 282 valence electrons. The molecule has 0 radical (unpaired) electrons. The monoisotopic (exact) mass is 740 g/mol. The van der Waals surface area contributed by atoms with Crippen LogP contribution < -0.4 is 0 Å². The molecule has 2 heterocycles. The number of aromatic nitrogens is 2. The average Bonchev–Trinajstić information content (AvgIpc) is 3.73. The van der Waals surface area contributed by atoms with Gasteiger partial charge in [-0.3, -0.25) is 0 Å². The summed E-state index contributed by atoms with van der Waals surface area (Å²) in [5.74, 6) is 0.314. The number of allylic oxidation sites excluding steroid dienone is 13. The van der Waals surface area contributed by atoms with Crippen LogP contribution in [0.3, 0.4) is 0 Å². The third kappa shape index (κ3) is 7.16. The number of rotatable bonds is 11. The molecular weight excluding hydrogens is 689 g/mol. The summed E-state index contributed by atoms with van der Waals surface area (Å²) in [7, 11) is 0. The van der Waals surface area contributed by atoms with Gasteiger partial charge in [-0.05, 0) is 89.2 Å². The maximum absolute atomic E-state index is 4.38. The first-order chi connectivity index (χ1) is 27.7. The maximum atomic E-state index is 4.38. The molecule has 2 aromatic heterocycles. The second-order valence-electron chi connectivity index (χ2n) is 15.3. The topological polar surface area (TPSA) is 9.86 Å². The Hall–Kier alpha value is -6.64. The third-order valence-electron chi connectivity index (χ3n) is 10.9. The van der Waals surface area contributed by atoms with Crippen molar-refractivity contribution in [3.63, 3.8) is 0 Å². The smallest absolute Gasteiger partial charge is 0.0547 e. The highest BCUT2D eigenvalue weighted by Crippen LogP contribution is 2.50. The summed E-state index contributed by atoms with van der Waals surface area (Å²) in [5.41, 5.74) is 14.6. The lowest BCUT2D eigenvalue weighted by Gasteiger charge is -2.34. The van der Waals surface area contributed by atoms with Gasteiger partial charge in [-0.15, -0.1) is 0 Å². The molecule has 0 fully saturated rings. The Labute approximate surface area is 339 Å². The second kappa shape index (κ2) is 16.6. The van der Waals surface area contributed by atoms with E-state index < -0.39 is 0 Å². The highest BCUT2D eigenvalue weighted by atomic mass is 15.0. The Morgan fingerprint density at radius 1 is 0.702 bits per heavy atom. The summed E-state index contributed by atoms with van der Waals surface area (Å²) in [6.45, 7) is 24.1. The first-order valence-electron chi connectivity index (χ1n) is 19.9. The third-order valence-corrected chi connectivity index (χ3v) is 10.9. The van der Waals surface area contributed by atoms with E-state index >= 15 is 0 Å². The predicted octanol–water partition coefficient (Wildman–Crippen LogP) is 15.3. The molecule has 1 aliphatic rings. The van der Waals surface area contributed by atoms with E-state index in [1.165, 1.54) is 44.2 Å². The molecule has 2 nitrogen and oxygen atoms in total. The minimum atomic E-state index is -0.374. The summed E-state index contributed by atoms with van der Waals surface area (Å²) in [6, 6.07) is 32.8. The number of para-hydroxylation sites is 1. The van der Waals surface area contributed by atoms with Crippen LogP contribution in [0.1, 0.15) is 68.3 Å². The number of benzene rings is 4. The van der Waals surface area contributed by atoms with Gasteiger partial charge in [0.05, 0.1) is 22.4 Å². The summed E-state index contributed by atoms with van der Waals surface area (Å²) in [6.07, 6.45) is 31.5. The van der Waals surface area contributed by atoms with Crippen molar-refractivity contribution in [1.29, 1.82) is 0 Å². The van der Waals surface area contributed by atoms with Gasteiger partial charge in [0.25, 0.3) is 0 Å². The van der Waals surface area contributed by atoms with Crippen LogP contribution in [0.25, 0.3) is 74.2 Å². The van der Waals surface area contributed by atoms with Gasteiger partial charge in [-0.2, -0.15) is 0 Å². The lowest BCUT2D eigenvalue weighted by molar-refractivity contribution is 0.680. The van der Waals surface area contributed by atoms with Crippen molar-refractivity contribution < 1.29 is 0 Å². The van der Waals surface area contributed by atoms with Crippen LogP contribution in [0.15, 0.2) is 178 Å². The average molecular weight is 741 g/mol. The minimum Gasteiger partial charge on any atom is -0.309 e. The first kappa shape index (κ1) is 38.6. The Balaban J connectivity index is 1.51. The fraction of sp³-hybridized carbons (Fsp3) is 0.127. The summed E-state index contributed by atoms with van der Waals surface area (Å²) < 4.78 is 4.73. The van der Waals surface area contributed by atoms with E-state index in [1.807, 2.05) is 55.5 Å². The molecule has 0 atom stereocenters. The number of nitrogens with zero attached hydrogens (tertiary/aromatic N) is 2. The zero-order chi connectivity index (χ0) is 40.1. The maximum Gasteiger partial charge on any atom is 0.0547 e. The van der Waals surface area contributed by atoms with Crippen molar-refractivity contribution in [2.45, 2.75) is 40.0 Å². The van der Waals surface area contributed by atoms with Gasteiger partial charge in [0.1, 0.15) is 0 Å². The van der Waals surface area contributed by atoms with Crippen LogP contribution in [-0.4, -0.2) is 9.13 Å². The van der Waals surface area contributed by atoms with Crippen LogP contribution in [0.2, 0.25) is 0 Å². The molecule has 4 aromatic carbocycles. The number of hydrogen-bond donors (Lipinski definition) is 0. The van der Waals surface area contributed by atoms with Crippen molar-refractivity contribution in [3.8, 4) is 16.8 Å². The number of hydrogen-bond acceptors (Lipinski definition) is 0. The molecule has 0 saturated heterocycles. The van der Waals surface area contributed by atoms with Gasteiger partial charge in [0.15, 0.2) is 0 Å². The van der Waals surface area contributed by atoms with Crippen molar-refractivity contribution in [1.82, 2.24) is 9.13 Å². The molecule has 0 amide bonds. The van der Waals surface area contributed by atoms with E-state index in [9.17, 15) is 0 Å². The Morgan fingerprint density at radius 3 is 2.07 bits per heavy atom. The van der Waals surface area contributed by atoms with Crippen molar-refractivity contribution in [2.24, 2.45) is 5.92 Å². The molecule has 57 heavy (non-hydrogen) atoms. The molecule has 0 saturated carbocycles. The zero-order valence-electron chi connectivity index (χ0n) is 33.9. The summed E-state index contributed by atoms with van der Waals surface area (Å²) >= 11 is 0. The van der Waals surface area contributed by atoms with E-state index in [2.05, 4.69) is 190 Å². The Kier molecular flexibility index (Phi) is 11.3.